The molecule has 5 N–H and O–H groups in total. The molecule has 2 aromatic carbocycles. The summed E-state index contributed by atoms with van der Waals surface area (Å²) in [7, 11) is 0. The molecule has 12 nitrogen and oxygen atoms in total. The van der Waals surface area contributed by atoms with Crippen molar-refractivity contribution in [1.29, 1.82) is 0 Å². The fourth-order valence-electron chi connectivity index (χ4n) is 6.10. The number of imide groups is 1. The fraction of sp³-hybridized carbons (Fsp3) is 0.394. The van der Waals surface area contributed by atoms with Crippen LogP contribution in [-0.2, 0) is 20.7 Å². The molecule has 1 saturated carbocycles. The van der Waals surface area contributed by atoms with Gasteiger partial charge in [-0.15, -0.1) is 0 Å². The highest BCUT2D eigenvalue weighted by atomic mass is 35.5. The van der Waals surface area contributed by atoms with Crippen molar-refractivity contribution >= 4 is 35.1 Å². The number of nitrogens with two attached hydrogens (primary N) is 2. The van der Waals surface area contributed by atoms with Crippen LogP contribution in [0.25, 0.3) is 22.5 Å². The van der Waals surface area contributed by atoms with Gasteiger partial charge in [0.05, 0.1) is 24.9 Å². The van der Waals surface area contributed by atoms with E-state index in [0.29, 0.717) is 61.5 Å². The Morgan fingerprint density at radius 3 is 2.37 bits per heavy atom. The molecule has 240 valence electrons. The van der Waals surface area contributed by atoms with E-state index in [2.05, 4.69) is 30.0 Å². The molecule has 46 heavy (non-hydrogen) atoms. The Balaban J connectivity index is 1.20. The minimum atomic E-state index is -0.953. The van der Waals surface area contributed by atoms with Gasteiger partial charge in [-0.2, -0.15) is 10.1 Å². The summed E-state index contributed by atoms with van der Waals surface area (Å²) in [4.78, 5) is 44.7. The SMILES string of the molecule is NCC1CCC(C(=O)N(C(=O)[C@@H](N)Cc2cccc(-c3cnc(N4CCOCC4)nc3)c2)c2ccc(-c3n[nH]c(Cl)n3)cc2)CC1. The molecule has 0 bridgehead atoms. The number of benzene rings is 2. The summed E-state index contributed by atoms with van der Waals surface area (Å²) in [5, 5.41) is 6.87. The Morgan fingerprint density at radius 2 is 1.72 bits per heavy atom. The lowest BCUT2D eigenvalue weighted by atomic mass is 9.81. The summed E-state index contributed by atoms with van der Waals surface area (Å²) in [5.74, 6) is 0.512. The van der Waals surface area contributed by atoms with E-state index in [1.54, 1.807) is 36.7 Å². The molecule has 1 atom stereocenters. The number of aromatic nitrogens is 5. The topological polar surface area (TPSA) is 169 Å². The van der Waals surface area contributed by atoms with Crippen molar-refractivity contribution in [2.24, 2.45) is 23.3 Å². The van der Waals surface area contributed by atoms with Crippen molar-refractivity contribution in [3.63, 3.8) is 0 Å². The first-order valence-electron chi connectivity index (χ1n) is 15.7. The van der Waals surface area contributed by atoms with Crippen LogP contribution in [0.2, 0.25) is 5.28 Å². The Labute approximate surface area is 272 Å². The summed E-state index contributed by atoms with van der Waals surface area (Å²) in [6.07, 6.45) is 6.93. The van der Waals surface area contributed by atoms with Gasteiger partial charge in [0.1, 0.15) is 0 Å². The lowest BCUT2D eigenvalue weighted by Crippen LogP contribution is -2.50. The molecular formula is C33H38ClN9O3. The van der Waals surface area contributed by atoms with Crippen LogP contribution in [0.5, 0.6) is 0 Å². The number of rotatable bonds is 9. The van der Waals surface area contributed by atoms with E-state index in [-0.39, 0.29) is 23.5 Å². The molecule has 3 heterocycles. The summed E-state index contributed by atoms with van der Waals surface area (Å²) < 4.78 is 5.42. The summed E-state index contributed by atoms with van der Waals surface area (Å²) in [6.45, 7) is 3.44. The van der Waals surface area contributed by atoms with Crippen LogP contribution in [-0.4, -0.2) is 75.9 Å². The monoisotopic (exact) mass is 643 g/mol. The van der Waals surface area contributed by atoms with Gasteiger partial charge in [-0.3, -0.25) is 9.59 Å². The number of amides is 2. The summed E-state index contributed by atoms with van der Waals surface area (Å²) >= 11 is 5.90. The third-order valence-electron chi connectivity index (χ3n) is 8.78. The number of carbonyl (C=O) groups excluding carboxylic acids is 2. The molecule has 0 unspecified atom stereocenters. The second-order valence-electron chi connectivity index (χ2n) is 11.8. The highest BCUT2D eigenvalue weighted by molar-refractivity contribution is 6.28. The van der Waals surface area contributed by atoms with Crippen LogP contribution in [0.1, 0.15) is 31.2 Å². The first-order chi connectivity index (χ1) is 22.4. The number of H-pyrrole nitrogens is 1. The zero-order valence-corrected chi connectivity index (χ0v) is 26.3. The Kier molecular flexibility index (Phi) is 9.98. The second kappa shape index (κ2) is 14.5. The van der Waals surface area contributed by atoms with Gasteiger partial charge in [0, 0.05) is 42.5 Å². The fourth-order valence-corrected chi connectivity index (χ4v) is 6.23. The van der Waals surface area contributed by atoms with E-state index >= 15 is 0 Å². The van der Waals surface area contributed by atoms with Gasteiger partial charge in [-0.25, -0.2) is 20.0 Å². The predicted octanol–water partition coefficient (Wildman–Crippen LogP) is 3.61. The van der Waals surface area contributed by atoms with E-state index < -0.39 is 11.9 Å². The average Bonchev–Trinajstić information content (AvgIpc) is 3.55. The molecule has 1 aliphatic carbocycles. The molecule has 2 aliphatic rings. The van der Waals surface area contributed by atoms with Gasteiger partial charge in [0.15, 0.2) is 5.82 Å². The molecule has 13 heteroatoms. The predicted molar refractivity (Wildman–Crippen MR) is 176 cm³/mol. The molecule has 0 spiro atoms. The maximum absolute atomic E-state index is 14.0. The van der Waals surface area contributed by atoms with E-state index in [1.165, 1.54) is 4.90 Å². The van der Waals surface area contributed by atoms with Crippen LogP contribution >= 0.6 is 11.6 Å². The maximum atomic E-state index is 14.0. The molecule has 2 fully saturated rings. The van der Waals surface area contributed by atoms with E-state index in [0.717, 1.165) is 42.6 Å². The van der Waals surface area contributed by atoms with E-state index in [9.17, 15) is 9.59 Å². The number of morpholine rings is 1. The zero-order chi connectivity index (χ0) is 32.0. The zero-order valence-electron chi connectivity index (χ0n) is 25.5. The first kappa shape index (κ1) is 31.7. The van der Waals surface area contributed by atoms with Crippen molar-refractivity contribution in [3.8, 4) is 22.5 Å². The number of ether oxygens (including phenoxy) is 1. The van der Waals surface area contributed by atoms with Gasteiger partial charge in [0.25, 0.3) is 5.91 Å². The molecule has 2 aromatic heterocycles. The Bertz CT molecular complexity index is 1630. The quantitative estimate of drug-likeness (QED) is 0.245. The van der Waals surface area contributed by atoms with Crippen molar-refractivity contribution in [3.05, 3.63) is 71.8 Å². The highest BCUT2D eigenvalue weighted by Crippen LogP contribution is 2.32. The lowest BCUT2D eigenvalue weighted by molar-refractivity contribution is -0.130. The normalized spacial score (nSPS) is 19.1. The number of halogens is 1. The maximum Gasteiger partial charge on any atom is 0.251 e. The number of anilines is 2. The average molecular weight is 644 g/mol. The standard InChI is InChI=1S/C33H38ClN9O3/c34-32-39-29(40-41-32)23-8-10-27(11-9-23)43(30(44)24-6-4-21(18-35)5-7-24)31(45)28(36)17-22-2-1-3-25(16-22)26-19-37-33(38-20-26)42-12-14-46-15-13-42/h1-3,8-11,16,19-21,24,28H,4-7,12-15,17-18,35-36H2,(H,39,40,41)/t21?,24?,28-/m0/s1. The number of nitrogens with zero attached hydrogens (tertiary/aromatic N) is 6. The largest absolute Gasteiger partial charge is 0.378 e. The van der Waals surface area contributed by atoms with E-state index in [4.69, 9.17) is 27.8 Å². The van der Waals surface area contributed by atoms with Crippen molar-refractivity contribution in [2.45, 2.75) is 38.1 Å². The summed E-state index contributed by atoms with van der Waals surface area (Å²) in [5.41, 5.74) is 16.2. The molecule has 6 rings (SSSR count). The molecule has 2 amide bonds. The molecule has 4 aromatic rings. The van der Waals surface area contributed by atoms with Crippen LogP contribution in [0, 0.1) is 11.8 Å². The van der Waals surface area contributed by atoms with Crippen molar-refractivity contribution in [1.82, 2.24) is 25.1 Å². The minimum Gasteiger partial charge on any atom is -0.378 e. The molecular weight excluding hydrogens is 606 g/mol. The van der Waals surface area contributed by atoms with Crippen molar-refractivity contribution < 1.29 is 14.3 Å². The number of aromatic amines is 1. The van der Waals surface area contributed by atoms with E-state index in [1.807, 2.05) is 24.3 Å². The third kappa shape index (κ3) is 7.26. The number of hydrogen-bond acceptors (Lipinski definition) is 10. The molecule has 1 saturated heterocycles. The van der Waals surface area contributed by atoms with Crippen LogP contribution in [0.4, 0.5) is 11.6 Å². The Morgan fingerprint density at radius 1 is 1.00 bits per heavy atom. The highest BCUT2D eigenvalue weighted by Gasteiger charge is 2.35. The number of carbonyl (C=O) groups is 2. The van der Waals surface area contributed by atoms with Gasteiger partial charge in [-0.1, -0.05) is 24.3 Å². The van der Waals surface area contributed by atoms with Crippen LogP contribution in [0.3, 0.4) is 0 Å². The minimum absolute atomic E-state index is 0.173. The lowest BCUT2D eigenvalue weighted by Gasteiger charge is -2.32. The smallest absolute Gasteiger partial charge is 0.251 e. The van der Waals surface area contributed by atoms with Crippen LogP contribution < -0.4 is 21.3 Å². The Hall–Kier alpha value is -4.23. The molecule has 0 radical (unpaired) electrons. The van der Waals surface area contributed by atoms with Crippen LogP contribution in [0.15, 0.2) is 60.9 Å². The number of hydrogen-bond donors (Lipinski definition) is 3. The van der Waals surface area contributed by atoms with Gasteiger partial charge >= 0.3 is 0 Å². The summed E-state index contributed by atoms with van der Waals surface area (Å²) in [6, 6.07) is 13.8. The first-order valence-corrected chi connectivity index (χ1v) is 16.0. The van der Waals surface area contributed by atoms with Gasteiger partial charge in [-0.05, 0) is 91.6 Å². The van der Waals surface area contributed by atoms with Gasteiger partial charge in [0.2, 0.25) is 17.1 Å². The molecule has 1 aliphatic heterocycles. The number of nitrogens with one attached hydrogen (secondary N) is 1. The second-order valence-corrected chi connectivity index (χ2v) is 12.2. The third-order valence-corrected chi connectivity index (χ3v) is 8.95. The van der Waals surface area contributed by atoms with Crippen molar-refractivity contribution in [2.75, 3.05) is 42.6 Å². The van der Waals surface area contributed by atoms with Gasteiger partial charge < -0.3 is 21.1 Å².